The molecule has 0 fully saturated rings. The number of aryl methyl sites for hydroxylation is 1. The van der Waals surface area contributed by atoms with E-state index in [0.29, 0.717) is 24.0 Å². The molecule has 11 heteroatoms. The van der Waals surface area contributed by atoms with Gasteiger partial charge >= 0.3 is 0 Å². The van der Waals surface area contributed by atoms with Gasteiger partial charge < -0.3 is 10.0 Å². The lowest BCUT2D eigenvalue weighted by Gasteiger charge is -2.34. The number of amides is 2. The third-order valence-corrected chi connectivity index (χ3v) is 9.03. The zero-order valence-corrected chi connectivity index (χ0v) is 26.6. The smallest absolute Gasteiger partial charge is 0.251 e. The average molecular weight is 625 g/mol. The number of hydrazine groups is 1. The van der Waals surface area contributed by atoms with E-state index in [4.69, 9.17) is 5.14 Å². The number of nitrogens with two attached hydrogens (primary N) is 1. The van der Waals surface area contributed by atoms with Crippen LogP contribution in [-0.4, -0.2) is 55.3 Å². The van der Waals surface area contributed by atoms with E-state index in [1.54, 1.807) is 41.8 Å². The number of anilines is 1. The second-order valence-corrected chi connectivity index (χ2v) is 13.7. The van der Waals surface area contributed by atoms with Gasteiger partial charge in [-0.15, -0.1) is 11.8 Å². The Labute approximate surface area is 258 Å². The quantitative estimate of drug-likeness (QED) is 0.214. The van der Waals surface area contributed by atoms with Gasteiger partial charge in [-0.25, -0.2) is 19.0 Å². The number of aliphatic hydroxyl groups is 1. The number of carbonyl (C=O) groups is 2. The number of rotatable bonds is 11. The van der Waals surface area contributed by atoms with Crippen LogP contribution >= 0.6 is 11.8 Å². The zero-order valence-electron chi connectivity index (χ0n) is 25.0. The summed E-state index contributed by atoms with van der Waals surface area (Å²) in [6.07, 6.45) is 2.60. The van der Waals surface area contributed by atoms with Crippen LogP contribution in [-0.2, 0) is 32.6 Å². The molecule has 4 N–H and O–H groups in total. The number of nitrogens with zero attached hydrogens (tertiary/aromatic N) is 2. The molecule has 3 aromatic carbocycles. The van der Waals surface area contributed by atoms with Crippen LogP contribution in [0.15, 0.2) is 76.5 Å². The van der Waals surface area contributed by atoms with Crippen molar-refractivity contribution in [3.05, 3.63) is 77.9 Å². The highest BCUT2D eigenvalue weighted by molar-refractivity contribution is 7.98. The molecule has 0 aromatic heterocycles. The Hall–Kier alpha value is -3.22. The van der Waals surface area contributed by atoms with Crippen LogP contribution in [0.3, 0.4) is 0 Å². The molecule has 43 heavy (non-hydrogen) atoms. The van der Waals surface area contributed by atoms with Crippen molar-refractivity contribution >= 4 is 39.3 Å². The molecule has 2 amide bonds. The molecule has 1 aliphatic heterocycles. The van der Waals surface area contributed by atoms with Gasteiger partial charge in [0.05, 0.1) is 17.5 Å². The largest absolute Gasteiger partial charge is 0.392 e. The summed E-state index contributed by atoms with van der Waals surface area (Å²) in [4.78, 5) is 30.6. The van der Waals surface area contributed by atoms with Crippen molar-refractivity contribution in [3.63, 3.8) is 0 Å². The van der Waals surface area contributed by atoms with Crippen LogP contribution in [0.5, 0.6) is 0 Å². The number of hydrogen-bond acceptors (Lipinski definition) is 7. The summed E-state index contributed by atoms with van der Waals surface area (Å²) in [5.41, 5.74) is 6.89. The first-order valence-electron chi connectivity index (χ1n) is 14.3. The van der Waals surface area contributed by atoms with Crippen LogP contribution in [0.1, 0.15) is 44.7 Å². The fraction of sp³-hybridized carbons (Fsp3) is 0.375. The summed E-state index contributed by atoms with van der Waals surface area (Å²) in [6, 6.07) is 19.2. The van der Waals surface area contributed by atoms with E-state index < -0.39 is 22.2 Å². The van der Waals surface area contributed by atoms with Gasteiger partial charge in [0.2, 0.25) is 15.9 Å². The molecule has 1 heterocycles. The number of aliphatic hydroxyl groups excluding tert-OH is 1. The normalized spacial score (nSPS) is 16.1. The standard InChI is InChI=1S/C32H40N4O5S2/c1-21(2)17-31(38)36(34-19-22(3)37)29-15-13-25-18-26(42-4)14-16-28(25)35(32(29)39)20-23-9-11-24(12-10-23)27-7-5-6-8-30(27)43(33,40)41/h5-12,14,16,18,21-22,29,34,37H,13,15,17,19-20H2,1-4H3,(H2,33,40,41)/t22-,29-/m1/s1. The van der Waals surface area contributed by atoms with E-state index in [2.05, 4.69) is 11.5 Å². The summed E-state index contributed by atoms with van der Waals surface area (Å²) >= 11 is 1.63. The number of primary sulfonamides is 1. The van der Waals surface area contributed by atoms with Crippen LogP contribution in [0, 0.1) is 5.92 Å². The summed E-state index contributed by atoms with van der Waals surface area (Å²) in [5, 5.41) is 16.8. The van der Waals surface area contributed by atoms with Crippen LogP contribution < -0.4 is 15.5 Å². The minimum Gasteiger partial charge on any atom is -0.392 e. The Kier molecular flexibility index (Phi) is 10.7. The molecule has 4 rings (SSSR count). The molecule has 0 saturated heterocycles. The maximum atomic E-state index is 14.3. The minimum atomic E-state index is -3.91. The number of hydrogen-bond donors (Lipinski definition) is 3. The van der Waals surface area contributed by atoms with Gasteiger partial charge in [0.25, 0.3) is 5.91 Å². The summed E-state index contributed by atoms with van der Waals surface area (Å²) in [6.45, 7) is 5.93. The average Bonchev–Trinajstić information content (AvgIpc) is 3.08. The maximum Gasteiger partial charge on any atom is 0.251 e. The van der Waals surface area contributed by atoms with Gasteiger partial charge in [-0.3, -0.25) is 14.6 Å². The van der Waals surface area contributed by atoms with Gasteiger partial charge in [0, 0.05) is 29.1 Å². The van der Waals surface area contributed by atoms with Crippen molar-refractivity contribution in [3.8, 4) is 11.1 Å². The lowest BCUT2D eigenvalue weighted by Crippen LogP contribution is -2.57. The first-order chi connectivity index (χ1) is 20.4. The Balaban J connectivity index is 1.71. The highest BCUT2D eigenvalue weighted by atomic mass is 32.2. The monoisotopic (exact) mass is 624 g/mol. The van der Waals surface area contributed by atoms with Crippen molar-refractivity contribution in [1.82, 2.24) is 10.4 Å². The third-order valence-electron chi connectivity index (χ3n) is 7.34. The van der Waals surface area contributed by atoms with E-state index in [-0.39, 0.29) is 42.1 Å². The summed E-state index contributed by atoms with van der Waals surface area (Å²) < 4.78 is 24.3. The summed E-state index contributed by atoms with van der Waals surface area (Å²) in [5.74, 6) is -0.309. The first kappa shape index (κ1) is 32.7. The fourth-order valence-corrected chi connectivity index (χ4v) is 6.47. The van der Waals surface area contributed by atoms with Crippen LogP contribution in [0.25, 0.3) is 11.1 Å². The molecule has 9 nitrogen and oxygen atoms in total. The SMILES string of the molecule is CSc1ccc2c(c1)CC[C@@H](N(NC[C@@H](C)O)C(=O)CC(C)C)C(=O)N2Cc1ccc(-c2ccccc2S(N)(=O)=O)cc1. The Bertz CT molecular complexity index is 1560. The topological polar surface area (TPSA) is 133 Å². The van der Waals surface area contributed by atoms with Crippen LogP contribution in [0.4, 0.5) is 5.69 Å². The van der Waals surface area contributed by atoms with E-state index in [1.165, 1.54) is 11.1 Å². The molecule has 2 atom stereocenters. The highest BCUT2D eigenvalue weighted by Crippen LogP contribution is 2.34. The third kappa shape index (κ3) is 8.04. The van der Waals surface area contributed by atoms with E-state index in [1.807, 2.05) is 56.5 Å². The Morgan fingerprint density at radius 3 is 2.44 bits per heavy atom. The summed E-state index contributed by atoms with van der Waals surface area (Å²) in [7, 11) is -3.91. The predicted octanol–water partition coefficient (Wildman–Crippen LogP) is 4.33. The lowest BCUT2D eigenvalue weighted by molar-refractivity contribution is -0.144. The number of nitrogens with one attached hydrogen (secondary N) is 1. The Morgan fingerprint density at radius 2 is 1.81 bits per heavy atom. The Morgan fingerprint density at radius 1 is 1.12 bits per heavy atom. The molecule has 0 spiro atoms. The molecule has 0 bridgehead atoms. The molecular formula is C32H40N4O5S2. The van der Waals surface area contributed by atoms with Crippen molar-refractivity contribution in [2.75, 3.05) is 17.7 Å². The number of fused-ring (bicyclic) bond motifs is 1. The molecule has 3 aromatic rings. The van der Waals surface area contributed by atoms with E-state index in [9.17, 15) is 23.1 Å². The number of thioether (sulfide) groups is 1. The maximum absolute atomic E-state index is 14.3. The van der Waals surface area contributed by atoms with Gasteiger partial charge in [-0.2, -0.15) is 0 Å². The van der Waals surface area contributed by atoms with Gasteiger partial charge in [0.1, 0.15) is 6.04 Å². The van der Waals surface area contributed by atoms with Gasteiger partial charge in [-0.1, -0.05) is 56.3 Å². The number of carbonyl (C=O) groups excluding carboxylic acids is 2. The molecule has 0 unspecified atom stereocenters. The predicted molar refractivity (Wildman–Crippen MR) is 171 cm³/mol. The second-order valence-electron chi connectivity index (χ2n) is 11.3. The second kappa shape index (κ2) is 14.0. The molecule has 230 valence electrons. The van der Waals surface area contributed by atoms with Crippen LogP contribution in [0.2, 0.25) is 0 Å². The molecule has 0 aliphatic carbocycles. The van der Waals surface area contributed by atoms with Gasteiger partial charge in [0.15, 0.2) is 0 Å². The van der Waals surface area contributed by atoms with E-state index >= 15 is 0 Å². The molecule has 0 saturated carbocycles. The zero-order chi connectivity index (χ0) is 31.3. The lowest BCUT2D eigenvalue weighted by atomic mass is 10.0. The number of sulfonamides is 1. The van der Waals surface area contributed by atoms with Crippen molar-refractivity contribution < 1.29 is 23.1 Å². The van der Waals surface area contributed by atoms with Crippen molar-refractivity contribution in [2.24, 2.45) is 11.1 Å². The highest BCUT2D eigenvalue weighted by Gasteiger charge is 2.37. The molecular weight excluding hydrogens is 585 g/mol. The van der Waals surface area contributed by atoms with Crippen molar-refractivity contribution in [2.45, 2.75) is 68.5 Å². The van der Waals surface area contributed by atoms with E-state index in [0.717, 1.165) is 21.7 Å². The van der Waals surface area contributed by atoms with Crippen molar-refractivity contribution in [1.29, 1.82) is 0 Å². The first-order valence-corrected chi connectivity index (χ1v) is 17.1. The van der Waals surface area contributed by atoms with Gasteiger partial charge in [-0.05, 0) is 72.9 Å². The molecule has 1 aliphatic rings. The number of benzene rings is 3. The molecule has 0 radical (unpaired) electrons. The fourth-order valence-electron chi connectivity index (χ4n) is 5.25. The minimum absolute atomic E-state index is 0.0441.